The van der Waals surface area contributed by atoms with Gasteiger partial charge in [-0.1, -0.05) is 0 Å². The van der Waals surface area contributed by atoms with Crippen molar-refractivity contribution in [1.82, 2.24) is 14.8 Å². The van der Waals surface area contributed by atoms with Crippen molar-refractivity contribution in [2.24, 2.45) is 0 Å². The van der Waals surface area contributed by atoms with Crippen LogP contribution in [0, 0.1) is 0 Å². The van der Waals surface area contributed by atoms with E-state index in [0.717, 1.165) is 17.8 Å². The number of urea groups is 1. The summed E-state index contributed by atoms with van der Waals surface area (Å²) in [5.74, 6) is 0. The maximum absolute atomic E-state index is 12.6. The lowest BCUT2D eigenvalue weighted by atomic mass is 10.0. The van der Waals surface area contributed by atoms with Gasteiger partial charge in [-0.05, 0) is 39.0 Å². The molecule has 5 nitrogen and oxygen atoms in total. The predicted octanol–water partition coefficient (Wildman–Crippen LogP) is 2.99. The molecule has 3 rings (SSSR count). The van der Waals surface area contributed by atoms with Gasteiger partial charge >= 0.3 is 6.03 Å². The van der Waals surface area contributed by atoms with Crippen LogP contribution in [0.5, 0.6) is 0 Å². The van der Waals surface area contributed by atoms with Crippen LogP contribution in [0.2, 0.25) is 0 Å². The molecule has 0 radical (unpaired) electrons. The summed E-state index contributed by atoms with van der Waals surface area (Å²) in [4.78, 5) is 14.5. The lowest BCUT2D eigenvalue weighted by Gasteiger charge is -2.38. The Labute approximate surface area is 124 Å². The molecule has 0 fully saturated rings. The van der Waals surface area contributed by atoms with Gasteiger partial charge in [-0.2, -0.15) is 0 Å². The van der Waals surface area contributed by atoms with E-state index in [2.05, 4.69) is 22.1 Å². The van der Waals surface area contributed by atoms with Crippen molar-refractivity contribution in [3.63, 3.8) is 0 Å². The van der Waals surface area contributed by atoms with E-state index in [0.29, 0.717) is 6.54 Å². The molecule has 0 spiro atoms. The summed E-state index contributed by atoms with van der Waals surface area (Å²) >= 11 is 0. The van der Waals surface area contributed by atoms with E-state index in [9.17, 15) is 4.79 Å². The normalized spacial score (nSPS) is 18.4. The molecule has 2 aromatic rings. The minimum Gasteiger partial charge on any atom is -0.472 e. The summed E-state index contributed by atoms with van der Waals surface area (Å²) in [5.41, 5.74) is 1.86. The fourth-order valence-corrected chi connectivity index (χ4v) is 2.78. The Kier molecular flexibility index (Phi) is 3.27. The quantitative estimate of drug-likeness (QED) is 0.876. The smallest absolute Gasteiger partial charge is 0.318 e. The van der Waals surface area contributed by atoms with E-state index in [1.165, 1.54) is 0 Å². The maximum Gasteiger partial charge on any atom is 0.318 e. The van der Waals surface area contributed by atoms with Gasteiger partial charge in [0.15, 0.2) is 0 Å². The van der Waals surface area contributed by atoms with Crippen LogP contribution in [0.3, 0.4) is 0 Å². The molecule has 0 bridgehead atoms. The summed E-state index contributed by atoms with van der Waals surface area (Å²) in [7, 11) is 0. The number of furan rings is 1. The summed E-state index contributed by atoms with van der Waals surface area (Å²) < 4.78 is 7.41. The van der Waals surface area contributed by atoms with Gasteiger partial charge in [-0.15, -0.1) is 0 Å². The molecular weight excluding hydrogens is 266 g/mol. The van der Waals surface area contributed by atoms with Crippen LogP contribution >= 0.6 is 0 Å². The average Bonchev–Trinajstić information content (AvgIpc) is 3.06. The van der Waals surface area contributed by atoms with Gasteiger partial charge in [0.05, 0.1) is 12.5 Å². The maximum atomic E-state index is 12.6. The van der Waals surface area contributed by atoms with Crippen molar-refractivity contribution in [3.8, 4) is 0 Å². The molecule has 0 aromatic carbocycles. The fraction of sp³-hybridized carbons (Fsp3) is 0.438. The van der Waals surface area contributed by atoms with E-state index in [4.69, 9.17) is 4.42 Å². The minimum atomic E-state index is -0.253. The second-order valence-corrected chi connectivity index (χ2v) is 6.46. The first-order valence-electron chi connectivity index (χ1n) is 7.21. The third kappa shape index (κ3) is 2.68. The van der Waals surface area contributed by atoms with Crippen molar-refractivity contribution >= 4 is 6.03 Å². The zero-order valence-corrected chi connectivity index (χ0v) is 12.7. The van der Waals surface area contributed by atoms with Gasteiger partial charge in [0.1, 0.15) is 6.04 Å². The first-order valence-corrected chi connectivity index (χ1v) is 7.21. The van der Waals surface area contributed by atoms with Gasteiger partial charge in [0.25, 0.3) is 0 Å². The third-order valence-electron chi connectivity index (χ3n) is 3.64. The highest BCUT2D eigenvalue weighted by Crippen LogP contribution is 2.32. The van der Waals surface area contributed by atoms with Crippen molar-refractivity contribution in [1.29, 1.82) is 0 Å². The van der Waals surface area contributed by atoms with Gasteiger partial charge in [-0.3, -0.25) is 0 Å². The zero-order valence-electron chi connectivity index (χ0n) is 12.7. The number of nitrogens with one attached hydrogen (secondary N) is 1. The number of rotatable bonds is 1. The number of carbonyl (C=O) groups is 1. The van der Waals surface area contributed by atoms with Crippen LogP contribution in [0.1, 0.15) is 38.1 Å². The van der Waals surface area contributed by atoms with Gasteiger partial charge < -0.3 is 19.2 Å². The summed E-state index contributed by atoms with van der Waals surface area (Å²) in [6.45, 7) is 7.47. The molecule has 1 atom stereocenters. The predicted molar refractivity (Wildman–Crippen MR) is 80.0 cm³/mol. The Morgan fingerprint density at radius 2 is 2.14 bits per heavy atom. The zero-order chi connectivity index (χ0) is 15.0. The summed E-state index contributed by atoms with van der Waals surface area (Å²) in [5, 5.41) is 3.05. The molecule has 1 N–H and O–H groups in total. The largest absolute Gasteiger partial charge is 0.472 e. The number of aromatic nitrogens is 1. The SMILES string of the molecule is CC(C)(C)NC(=O)N1CCn2cccc2[C@@H]1c1ccoc1. The molecule has 0 aliphatic carbocycles. The van der Waals surface area contributed by atoms with E-state index < -0.39 is 0 Å². The molecule has 1 aliphatic heterocycles. The topological polar surface area (TPSA) is 50.4 Å². The van der Waals surface area contributed by atoms with Gasteiger partial charge in [-0.25, -0.2) is 4.79 Å². The molecule has 0 saturated carbocycles. The van der Waals surface area contributed by atoms with Crippen LogP contribution < -0.4 is 5.32 Å². The Balaban J connectivity index is 1.95. The molecule has 112 valence electrons. The highest BCUT2D eigenvalue weighted by Gasteiger charge is 2.33. The van der Waals surface area contributed by atoms with Crippen LogP contribution in [0.4, 0.5) is 4.79 Å². The highest BCUT2D eigenvalue weighted by molar-refractivity contribution is 5.76. The van der Waals surface area contributed by atoms with Crippen LogP contribution in [-0.2, 0) is 6.54 Å². The lowest BCUT2D eigenvalue weighted by molar-refractivity contribution is 0.160. The van der Waals surface area contributed by atoms with E-state index in [1.807, 2.05) is 37.8 Å². The second kappa shape index (κ2) is 4.98. The molecule has 3 heterocycles. The van der Waals surface area contributed by atoms with E-state index in [1.54, 1.807) is 12.5 Å². The van der Waals surface area contributed by atoms with Crippen molar-refractivity contribution in [2.45, 2.75) is 38.9 Å². The van der Waals surface area contributed by atoms with Crippen molar-refractivity contribution < 1.29 is 9.21 Å². The number of hydrogen-bond donors (Lipinski definition) is 1. The molecule has 5 heteroatoms. The number of hydrogen-bond acceptors (Lipinski definition) is 2. The lowest BCUT2D eigenvalue weighted by Crippen LogP contribution is -2.52. The summed E-state index contributed by atoms with van der Waals surface area (Å²) in [6, 6.07) is 5.86. The molecular formula is C16H21N3O2. The molecule has 0 unspecified atom stereocenters. The Morgan fingerprint density at radius 3 is 2.81 bits per heavy atom. The summed E-state index contributed by atoms with van der Waals surface area (Å²) in [6.07, 6.45) is 5.42. The number of amides is 2. The number of carbonyl (C=O) groups excluding carboxylic acids is 1. The number of fused-ring (bicyclic) bond motifs is 1. The average molecular weight is 287 g/mol. The van der Waals surface area contributed by atoms with Crippen molar-refractivity contribution in [2.75, 3.05) is 6.54 Å². The second-order valence-electron chi connectivity index (χ2n) is 6.46. The molecule has 2 amide bonds. The van der Waals surface area contributed by atoms with Crippen LogP contribution in [0.15, 0.2) is 41.3 Å². The Morgan fingerprint density at radius 1 is 1.33 bits per heavy atom. The highest BCUT2D eigenvalue weighted by atomic mass is 16.3. The minimum absolute atomic E-state index is 0.0406. The van der Waals surface area contributed by atoms with Crippen LogP contribution in [0.25, 0.3) is 0 Å². The Bertz CT molecular complexity index is 622. The molecule has 2 aromatic heterocycles. The molecule has 0 saturated heterocycles. The molecule has 1 aliphatic rings. The van der Waals surface area contributed by atoms with Crippen molar-refractivity contribution in [3.05, 3.63) is 48.2 Å². The van der Waals surface area contributed by atoms with E-state index in [-0.39, 0.29) is 17.6 Å². The molecule has 21 heavy (non-hydrogen) atoms. The standard InChI is InChI=1S/C16H21N3O2/c1-16(2,3)17-15(20)19-9-8-18-7-4-5-13(18)14(19)12-6-10-21-11-12/h4-7,10-11,14H,8-9H2,1-3H3,(H,17,20)/t14-/m0/s1. The first-order chi connectivity index (χ1) is 9.96. The number of nitrogens with zero attached hydrogens (tertiary/aromatic N) is 2. The van der Waals surface area contributed by atoms with Crippen LogP contribution in [-0.4, -0.2) is 27.6 Å². The monoisotopic (exact) mass is 287 g/mol. The first kappa shape index (κ1) is 13.8. The van der Waals surface area contributed by atoms with Gasteiger partial charge in [0, 0.05) is 36.1 Å². The third-order valence-corrected chi connectivity index (χ3v) is 3.64. The Hall–Kier alpha value is -2.17. The van der Waals surface area contributed by atoms with E-state index >= 15 is 0 Å². The van der Waals surface area contributed by atoms with Gasteiger partial charge in [0.2, 0.25) is 0 Å². The fourth-order valence-electron chi connectivity index (χ4n) is 2.78.